The second kappa shape index (κ2) is 4.83. The molecule has 0 amide bonds. The van der Waals surface area contributed by atoms with E-state index in [9.17, 15) is 0 Å². The van der Waals surface area contributed by atoms with Crippen LogP contribution in [0.3, 0.4) is 0 Å². The fourth-order valence-electron chi connectivity index (χ4n) is 2.85. The summed E-state index contributed by atoms with van der Waals surface area (Å²) in [6.45, 7) is 4.30. The molecule has 2 fully saturated rings. The molecule has 3 unspecified atom stereocenters. The van der Waals surface area contributed by atoms with Crippen molar-refractivity contribution >= 4 is 11.6 Å². The lowest BCUT2D eigenvalue weighted by Crippen LogP contribution is -2.41. The Labute approximate surface area is 112 Å². The maximum absolute atomic E-state index is 6.08. The maximum atomic E-state index is 6.08. The Morgan fingerprint density at radius 2 is 2.44 bits per heavy atom. The highest BCUT2D eigenvalue weighted by molar-refractivity contribution is 6.20. The fraction of sp³-hybridized carbons (Fsp3) is 0.769. The van der Waals surface area contributed by atoms with Crippen LogP contribution in [0.1, 0.15) is 43.2 Å². The molecule has 1 aromatic rings. The van der Waals surface area contributed by atoms with Crippen LogP contribution in [-0.2, 0) is 9.47 Å². The van der Waals surface area contributed by atoms with Gasteiger partial charge in [0.05, 0.1) is 29.8 Å². The Morgan fingerprint density at radius 3 is 3.11 bits per heavy atom. The summed E-state index contributed by atoms with van der Waals surface area (Å²) in [7, 11) is 0. The quantitative estimate of drug-likeness (QED) is 0.776. The second-order valence-corrected chi connectivity index (χ2v) is 6.01. The van der Waals surface area contributed by atoms with E-state index in [1.807, 2.05) is 13.1 Å². The van der Waals surface area contributed by atoms with Crippen molar-refractivity contribution in [2.45, 2.75) is 43.2 Å². The molecule has 18 heavy (non-hydrogen) atoms. The van der Waals surface area contributed by atoms with Gasteiger partial charge in [0.25, 0.3) is 0 Å². The van der Waals surface area contributed by atoms with Crippen LogP contribution >= 0.6 is 11.6 Å². The lowest BCUT2D eigenvalue weighted by molar-refractivity contribution is -0.0962. The number of ether oxygens (including phenoxy) is 2. The van der Waals surface area contributed by atoms with E-state index in [1.54, 1.807) is 0 Å². The van der Waals surface area contributed by atoms with Gasteiger partial charge in [0.1, 0.15) is 0 Å². The van der Waals surface area contributed by atoms with Crippen LogP contribution in [0.25, 0.3) is 0 Å². The molecule has 3 heterocycles. The number of aromatic nitrogens is 2. The van der Waals surface area contributed by atoms with Crippen molar-refractivity contribution in [1.29, 1.82) is 0 Å². The topological polar surface area (TPSA) is 36.3 Å². The number of hydrogen-bond donors (Lipinski definition) is 0. The van der Waals surface area contributed by atoms with Crippen molar-refractivity contribution in [2.24, 2.45) is 0 Å². The predicted octanol–water partition coefficient (Wildman–Crippen LogP) is 2.69. The lowest BCUT2D eigenvalue weighted by atomic mass is 9.90. The molecule has 1 aromatic heterocycles. The van der Waals surface area contributed by atoms with E-state index < -0.39 is 0 Å². The molecule has 5 heteroatoms. The molecule has 100 valence electrons. The van der Waals surface area contributed by atoms with Gasteiger partial charge in [0.15, 0.2) is 0 Å². The zero-order chi connectivity index (χ0) is 12.6. The molecule has 1 spiro atoms. The minimum absolute atomic E-state index is 0.0161. The van der Waals surface area contributed by atoms with Gasteiger partial charge >= 0.3 is 0 Å². The van der Waals surface area contributed by atoms with Crippen molar-refractivity contribution in [3.05, 3.63) is 18.0 Å². The van der Waals surface area contributed by atoms with Gasteiger partial charge < -0.3 is 9.47 Å². The third kappa shape index (κ3) is 2.29. The summed E-state index contributed by atoms with van der Waals surface area (Å²) in [6.07, 6.45) is 6.94. The molecule has 3 rings (SSSR count). The van der Waals surface area contributed by atoms with Crippen LogP contribution in [-0.4, -0.2) is 35.2 Å². The van der Waals surface area contributed by atoms with Crippen LogP contribution in [0.15, 0.2) is 12.4 Å². The third-order valence-corrected chi connectivity index (χ3v) is 4.24. The van der Waals surface area contributed by atoms with Crippen LogP contribution in [0.2, 0.25) is 0 Å². The number of nitrogens with zero attached hydrogens (tertiary/aromatic N) is 2. The van der Waals surface area contributed by atoms with Gasteiger partial charge in [-0.1, -0.05) is 0 Å². The first-order valence-corrected chi connectivity index (χ1v) is 7.02. The van der Waals surface area contributed by atoms with Crippen molar-refractivity contribution in [1.82, 2.24) is 9.78 Å². The molecule has 3 atom stereocenters. The highest BCUT2D eigenvalue weighted by Crippen LogP contribution is 2.38. The van der Waals surface area contributed by atoms with Crippen molar-refractivity contribution < 1.29 is 9.47 Å². The summed E-state index contributed by atoms with van der Waals surface area (Å²) in [5, 5.41) is 4.47. The molecule has 0 saturated carbocycles. The largest absolute Gasteiger partial charge is 0.378 e. The molecule has 0 aliphatic carbocycles. The molecular weight excluding hydrogens is 252 g/mol. The van der Waals surface area contributed by atoms with Crippen LogP contribution < -0.4 is 0 Å². The minimum atomic E-state index is -0.0678. The standard InChI is InChI=1S/C13H19ClN2O2/c1-10(14)11-7-15-16(8-11)12-2-4-18-13(6-12)3-5-17-9-13/h7-8,10,12H,2-6,9H2,1H3. The summed E-state index contributed by atoms with van der Waals surface area (Å²) < 4.78 is 13.5. The summed E-state index contributed by atoms with van der Waals surface area (Å²) in [5.74, 6) is 0. The molecule has 0 radical (unpaired) electrons. The molecule has 0 aromatic carbocycles. The fourth-order valence-corrected chi connectivity index (χ4v) is 2.96. The van der Waals surface area contributed by atoms with E-state index in [0.717, 1.165) is 44.6 Å². The molecule has 4 nitrogen and oxygen atoms in total. The lowest BCUT2D eigenvalue weighted by Gasteiger charge is -2.37. The van der Waals surface area contributed by atoms with E-state index >= 15 is 0 Å². The van der Waals surface area contributed by atoms with Gasteiger partial charge in [-0.05, 0) is 13.3 Å². The summed E-state index contributed by atoms with van der Waals surface area (Å²) in [5.41, 5.74) is 1.02. The summed E-state index contributed by atoms with van der Waals surface area (Å²) >= 11 is 6.08. The smallest absolute Gasteiger partial charge is 0.0957 e. The van der Waals surface area contributed by atoms with Crippen LogP contribution in [0.4, 0.5) is 0 Å². The van der Waals surface area contributed by atoms with E-state index in [-0.39, 0.29) is 11.0 Å². The Bertz CT molecular complexity index is 413. The molecule has 2 saturated heterocycles. The number of rotatable bonds is 2. The zero-order valence-corrected chi connectivity index (χ0v) is 11.4. The molecular formula is C13H19ClN2O2. The van der Waals surface area contributed by atoms with Gasteiger partial charge in [-0.15, -0.1) is 11.6 Å². The maximum Gasteiger partial charge on any atom is 0.0957 e. The van der Waals surface area contributed by atoms with Crippen molar-refractivity contribution in [3.63, 3.8) is 0 Å². The monoisotopic (exact) mass is 270 g/mol. The Balaban J connectivity index is 1.75. The predicted molar refractivity (Wildman–Crippen MR) is 68.9 cm³/mol. The molecule has 2 aliphatic heterocycles. The van der Waals surface area contributed by atoms with Gasteiger partial charge in [-0.25, -0.2) is 0 Å². The van der Waals surface area contributed by atoms with Crippen LogP contribution in [0.5, 0.6) is 0 Å². The summed E-state index contributed by atoms with van der Waals surface area (Å²) in [4.78, 5) is 0. The Morgan fingerprint density at radius 1 is 1.56 bits per heavy atom. The number of halogens is 1. The van der Waals surface area contributed by atoms with E-state index in [4.69, 9.17) is 21.1 Å². The minimum Gasteiger partial charge on any atom is -0.378 e. The zero-order valence-electron chi connectivity index (χ0n) is 10.6. The average molecular weight is 271 g/mol. The third-order valence-electron chi connectivity index (χ3n) is 3.99. The van der Waals surface area contributed by atoms with E-state index in [0.29, 0.717) is 6.04 Å². The number of alkyl halides is 1. The normalized spacial score (nSPS) is 34.0. The first kappa shape index (κ1) is 12.5. The van der Waals surface area contributed by atoms with Gasteiger partial charge in [0, 0.05) is 37.8 Å². The molecule has 2 aliphatic rings. The first-order chi connectivity index (χ1) is 8.69. The summed E-state index contributed by atoms with van der Waals surface area (Å²) in [6, 6.07) is 0.407. The van der Waals surface area contributed by atoms with Gasteiger partial charge in [-0.3, -0.25) is 4.68 Å². The van der Waals surface area contributed by atoms with Crippen molar-refractivity contribution in [2.75, 3.05) is 19.8 Å². The molecule has 0 bridgehead atoms. The van der Waals surface area contributed by atoms with Crippen molar-refractivity contribution in [3.8, 4) is 0 Å². The highest BCUT2D eigenvalue weighted by atomic mass is 35.5. The first-order valence-electron chi connectivity index (χ1n) is 6.58. The van der Waals surface area contributed by atoms with Crippen LogP contribution in [0, 0.1) is 0 Å². The van der Waals surface area contributed by atoms with Gasteiger partial charge in [-0.2, -0.15) is 5.10 Å². The van der Waals surface area contributed by atoms with E-state index in [2.05, 4.69) is 16.0 Å². The van der Waals surface area contributed by atoms with E-state index in [1.165, 1.54) is 0 Å². The Hall–Kier alpha value is -0.580. The SMILES string of the molecule is CC(Cl)c1cnn(C2CCOC3(CCOC3)C2)c1. The molecule has 0 N–H and O–H groups in total. The Kier molecular flexibility index (Phi) is 3.34. The average Bonchev–Trinajstić information content (AvgIpc) is 2.98. The van der Waals surface area contributed by atoms with Gasteiger partial charge in [0.2, 0.25) is 0 Å². The highest BCUT2D eigenvalue weighted by Gasteiger charge is 2.41. The number of hydrogen-bond acceptors (Lipinski definition) is 3. The second-order valence-electron chi connectivity index (χ2n) is 5.35.